The van der Waals surface area contributed by atoms with Gasteiger partial charge in [0, 0.05) is 19.0 Å². The van der Waals surface area contributed by atoms with Crippen LogP contribution in [0.5, 0.6) is 0 Å². The monoisotopic (exact) mass is 140 g/mol. The molecule has 0 saturated carbocycles. The van der Waals surface area contributed by atoms with Crippen LogP contribution in [-0.2, 0) is 4.79 Å². The number of carboxylic acid groups (broad SMARTS) is 1. The molecule has 0 aliphatic carbocycles. The molecule has 1 unspecified atom stereocenters. The van der Waals surface area contributed by atoms with Crippen molar-refractivity contribution in [3.05, 3.63) is 12.3 Å². The molecule has 1 rings (SSSR count). The number of carboxylic acids is 1. The van der Waals surface area contributed by atoms with Crippen molar-refractivity contribution < 1.29 is 9.90 Å². The molecule has 0 bridgehead atoms. The molecule has 1 aliphatic heterocycles. The van der Waals surface area contributed by atoms with Gasteiger partial charge >= 0.3 is 5.97 Å². The van der Waals surface area contributed by atoms with Gasteiger partial charge in [-0.1, -0.05) is 6.08 Å². The molecule has 1 heterocycles. The third kappa shape index (κ3) is 1.66. The zero-order chi connectivity index (χ0) is 7.40. The summed E-state index contributed by atoms with van der Waals surface area (Å²) in [4.78, 5) is 14.1. The van der Waals surface area contributed by atoms with E-state index in [1.54, 1.807) is 12.3 Å². The maximum atomic E-state index is 10.3. The lowest BCUT2D eigenvalue weighted by Crippen LogP contribution is -2.37. The number of carbonyl (C=O) groups is 1. The molecule has 0 radical (unpaired) electrons. The molecule has 2 N–H and O–H groups in total. The molecule has 10 heavy (non-hydrogen) atoms. The van der Waals surface area contributed by atoms with E-state index in [2.05, 4.69) is 10.3 Å². The van der Waals surface area contributed by atoms with Crippen LogP contribution in [0.25, 0.3) is 0 Å². The maximum absolute atomic E-state index is 10.3. The molecule has 0 fully saturated rings. The van der Waals surface area contributed by atoms with Gasteiger partial charge in [-0.2, -0.15) is 0 Å². The van der Waals surface area contributed by atoms with Gasteiger partial charge in [-0.25, -0.2) is 0 Å². The number of rotatable bonds is 1. The number of hydrogen-bond acceptors (Lipinski definition) is 3. The topological polar surface area (TPSA) is 61.7 Å². The lowest BCUT2D eigenvalue weighted by atomic mass is 10.3. The Hall–Kier alpha value is -1.16. The largest absolute Gasteiger partial charge is 0.480 e. The maximum Gasteiger partial charge on any atom is 0.326 e. The van der Waals surface area contributed by atoms with Crippen LogP contribution in [0.15, 0.2) is 17.3 Å². The average molecular weight is 140 g/mol. The summed E-state index contributed by atoms with van der Waals surface area (Å²) in [6.45, 7) is 0.553. The fraction of sp³-hybridized carbons (Fsp3) is 0.333. The highest BCUT2D eigenvalue weighted by atomic mass is 16.4. The van der Waals surface area contributed by atoms with Crippen LogP contribution >= 0.6 is 0 Å². The minimum absolute atomic E-state index is 0.553. The molecule has 0 aromatic heterocycles. The first-order valence-electron chi connectivity index (χ1n) is 2.95. The molecule has 0 saturated heterocycles. The molecule has 4 heteroatoms. The Bertz CT molecular complexity index is 186. The van der Waals surface area contributed by atoms with Gasteiger partial charge in [-0.05, 0) is 0 Å². The van der Waals surface area contributed by atoms with Crippen molar-refractivity contribution in [3.63, 3.8) is 0 Å². The van der Waals surface area contributed by atoms with Crippen LogP contribution in [0.4, 0.5) is 0 Å². The molecule has 0 aromatic rings. The molecule has 54 valence electrons. The molecule has 4 nitrogen and oxygen atoms in total. The summed E-state index contributed by atoms with van der Waals surface area (Å²) < 4.78 is 0. The lowest BCUT2D eigenvalue weighted by Gasteiger charge is -2.03. The van der Waals surface area contributed by atoms with Crippen LogP contribution < -0.4 is 5.32 Å². The van der Waals surface area contributed by atoms with Crippen molar-refractivity contribution >= 4 is 12.2 Å². The Morgan fingerprint density at radius 2 is 2.60 bits per heavy atom. The van der Waals surface area contributed by atoms with E-state index in [0.29, 0.717) is 6.54 Å². The van der Waals surface area contributed by atoms with E-state index in [-0.39, 0.29) is 0 Å². The quantitative estimate of drug-likeness (QED) is 0.522. The highest BCUT2D eigenvalue weighted by Gasteiger charge is 2.12. The molecule has 1 atom stereocenters. The predicted octanol–water partition coefficient (Wildman–Crippen LogP) is -0.373. The Kier molecular flexibility index (Phi) is 2.17. The average Bonchev–Trinajstić information content (AvgIpc) is 2.12. The van der Waals surface area contributed by atoms with Crippen molar-refractivity contribution in [2.75, 3.05) is 6.54 Å². The van der Waals surface area contributed by atoms with Crippen LogP contribution in [0, 0.1) is 0 Å². The second-order valence-electron chi connectivity index (χ2n) is 1.91. The van der Waals surface area contributed by atoms with E-state index in [0.717, 1.165) is 0 Å². The van der Waals surface area contributed by atoms with Crippen molar-refractivity contribution in [1.29, 1.82) is 0 Å². The van der Waals surface area contributed by atoms with Crippen LogP contribution in [0.1, 0.15) is 0 Å². The summed E-state index contributed by atoms with van der Waals surface area (Å²) in [6.07, 6.45) is 4.71. The van der Waals surface area contributed by atoms with Crippen LogP contribution in [0.2, 0.25) is 0 Å². The van der Waals surface area contributed by atoms with Gasteiger partial charge in [0.2, 0.25) is 0 Å². The fourth-order valence-electron chi connectivity index (χ4n) is 0.648. The summed E-state index contributed by atoms with van der Waals surface area (Å²) in [5.41, 5.74) is 0. The van der Waals surface area contributed by atoms with E-state index >= 15 is 0 Å². The minimum atomic E-state index is -0.896. The Morgan fingerprint density at radius 3 is 3.30 bits per heavy atom. The van der Waals surface area contributed by atoms with Gasteiger partial charge in [0.15, 0.2) is 0 Å². The SMILES string of the molecule is O=C(O)C1C=NC=CCN1. The van der Waals surface area contributed by atoms with Gasteiger partial charge < -0.3 is 5.11 Å². The van der Waals surface area contributed by atoms with Gasteiger partial charge in [-0.3, -0.25) is 15.1 Å². The molecule has 0 spiro atoms. The first-order chi connectivity index (χ1) is 4.80. The highest BCUT2D eigenvalue weighted by Crippen LogP contribution is 1.86. The number of nitrogens with zero attached hydrogens (tertiary/aromatic N) is 1. The predicted molar refractivity (Wildman–Crippen MR) is 37.1 cm³/mol. The third-order valence-corrected chi connectivity index (χ3v) is 1.15. The zero-order valence-corrected chi connectivity index (χ0v) is 5.32. The van der Waals surface area contributed by atoms with Gasteiger partial charge in [0.05, 0.1) is 0 Å². The van der Waals surface area contributed by atoms with Crippen molar-refractivity contribution in [2.45, 2.75) is 6.04 Å². The summed E-state index contributed by atoms with van der Waals surface area (Å²) in [5.74, 6) is -0.896. The van der Waals surface area contributed by atoms with Gasteiger partial charge in [0.1, 0.15) is 6.04 Å². The Labute approximate surface area is 58.3 Å². The van der Waals surface area contributed by atoms with Crippen molar-refractivity contribution in [3.8, 4) is 0 Å². The highest BCUT2D eigenvalue weighted by molar-refractivity contribution is 5.93. The number of nitrogens with one attached hydrogen (secondary N) is 1. The van der Waals surface area contributed by atoms with E-state index < -0.39 is 12.0 Å². The van der Waals surface area contributed by atoms with Crippen molar-refractivity contribution in [1.82, 2.24) is 5.32 Å². The zero-order valence-electron chi connectivity index (χ0n) is 5.32. The second kappa shape index (κ2) is 3.12. The number of hydrogen-bond donors (Lipinski definition) is 2. The smallest absolute Gasteiger partial charge is 0.326 e. The molecule has 0 aromatic carbocycles. The third-order valence-electron chi connectivity index (χ3n) is 1.15. The fourth-order valence-corrected chi connectivity index (χ4v) is 0.648. The van der Waals surface area contributed by atoms with E-state index in [9.17, 15) is 4.79 Å². The standard InChI is InChI=1S/C6H8N2O2/c9-6(10)5-4-7-2-1-3-8-5/h1-2,4-5,8H,3H2,(H,9,10). The molecule has 0 amide bonds. The Balaban J connectivity index is 2.56. The van der Waals surface area contributed by atoms with Crippen LogP contribution in [0.3, 0.4) is 0 Å². The summed E-state index contributed by atoms with van der Waals surface area (Å²) >= 11 is 0. The van der Waals surface area contributed by atoms with Crippen molar-refractivity contribution in [2.24, 2.45) is 4.99 Å². The van der Waals surface area contributed by atoms with E-state index in [1.807, 2.05) is 0 Å². The number of aliphatic carboxylic acids is 1. The first kappa shape index (κ1) is 6.95. The first-order valence-corrected chi connectivity index (χ1v) is 2.95. The van der Waals surface area contributed by atoms with E-state index in [1.165, 1.54) is 6.21 Å². The van der Waals surface area contributed by atoms with Crippen LogP contribution in [-0.4, -0.2) is 29.9 Å². The number of aliphatic imine (C=N–C) groups is 1. The lowest BCUT2D eigenvalue weighted by molar-refractivity contribution is -0.137. The molecule has 1 aliphatic rings. The minimum Gasteiger partial charge on any atom is -0.480 e. The van der Waals surface area contributed by atoms with E-state index in [4.69, 9.17) is 5.11 Å². The van der Waals surface area contributed by atoms with Gasteiger partial charge in [0.25, 0.3) is 0 Å². The summed E-state index contributed by atoms with van der Waals surface area (Å²) in [6, 6.07) is -0.644. The molecular weight excluding hydrogens is 132 g/mol. The Morgan fingerprint density at radius 1 is 1.80 bits per heavy atom. The summed E-state index contributed by atoms with van der Waals surface area (Å²) in [7, 11) is 0. The summed E-state index contributed by atoms with van der Waals surface area (Å²) in [5, 5.41) is 11.2. The normalized spacial score (nSPS) is 24.2. The molecular formula is C6H8N2O2. The van der Waals surface area contributed by atoms with Gasteiger partial charge in [-0.15, -0.1) is 0 Å². The second-order valence-corrected chi connectivity index (χ2v) is 1.91.